The van der Waals surface area contributed by atoms with Crippen molar-refractivity contribution < 1.29 is 4.79 Å². The number of anilines is 2. The fourth-order valence-corrected chi connectivity index (χ4v) is 2.60. The Hall–Kier alpha value is -1.52. The van der Waals surface area contributed by atoms with Crippen molar-refractivity contribution in [1.82, 2.24) is 0 Å². The van der Waals surface area contributed by atoms with Crippen LogP contribution in [0.4, 0.5) is 11.4 Å². The number of hydrogen-bond acceptors (Lipinski definition) is 2. The summed E-state index contributed by atoms with van der Waals surface area (Å²) in [5.74, 6) is -0.170. The van der Waals surface area contributed by atoms with Crippen molar-refractivity contribution in [2.24, 2.45) is 0 Å². The van der Waals surface area contributed by atoms with Crippen LogP contribution in [0.15, 0.2) is 40.9 Å². The summed E-state index contributed by atoms with van der Waals surface area (Å²) in [6, 6.07) is 11.1. The molecule has 2 aromatic carbocycles. The van der Waals surface area contributed by atoms with E-state index in [1.54, 1.807) is 12.1 Å². The minimum atomic E-state index is -0.170. The maximum absolute atomic E-state index is 12.5. The Balaban J connectivity index is 2.35. The zero-order valence-corrected chi connectivity index (χ0v) is 14.4. The maximum Gasteiger partial charge on any atom is 0.256 e. The van der Waals surface area contributed by atoms with Gasteiger partial charge in [-0.15, -0.1) is 0 Å². The van der Waals surface area contributed by atoms with Crippen molar-refractivity contribution in [3.8, 4) is 0 Å². The number of nitrogens with zero attached hydrogens (tertiary/aromatic N) is 1. The summed E-state index contributed by atoms with van der Waals surface area (Å²) >= 11 is 9.44. The molecule has 0 heterocycles. The highest BCUT2D eigenvalue weighted by Crippen LogP contribution is 2.29. The Kier molecular flexibility index (Phi) is 4.91. The molecule has 0 fully saturated rings. The van der Waals surface area contributed by atoms with Crippen molar-refractivity contribution in [3.05, 3.63) is 57.0 Å². The molecule has 5 heteroatoms. The monoisotopic (exact) mass is 366 g/mol. The van der Waals surface area contributed by atoms with E-state index >= 15 is 0 Å². The molecule has 0 aliphatic rings. The molecule has 2 aromatic rings. The highest BCUT2D eigenvalue weighted by atomic mass is 79.9. The summed E-state index contributed by atoms with van der Waals surface area (Å²) < 4.78 is 0.763. The maximum atomic E-state index is 12.5. The Morgan fingerprint density at radius 3 is 2.57 bits per heavy atom. The van der Waals surface area contributed by atoms with Gasteiger partial charge in [-0.3, -0.25) is 4.79 Å². The van der Waals surface area contributed by atoms with Gasteiger partial charge >= 0.3 is 0 Å². The van der Waals surface area contributed by atoms with Crippen LogP contribution in [0.1, 0.15) is 15.9 Å². The van der Waals surface area contributed by atoms with Gasteiger partial charge in [0.25, 0.3) is 5.91 Å². The Labute approximate surface area is 138 Å². The molecule has 0 unspecified atom stereocenters. The zero-order chi connectivity index (χ0) is 15.6. The van der Waals surface area contributed by atoms with Crippen LogP contribution in [0, 0.1) is 6.92 Å². The highest BCUT2D eigenvalue weighted by Gasteiger charge is 2.13. The second kappa shape index (κ2) is 6.50. The molecular formula is C16H16BrClN2O. The first-order valence-electron chi connectivity index (χ1n) is 6.43. The third-order valence-electron chi connectivity index (χ3n) is 3.06. The number of nitrogens with one attached hydrogen (secondary N) is 1. The van der Waals surface area contributed by atoms with Crippen LogP contribution in [-0.2, 0) is 0 Å². The number of amides is 1. The number of rotatable bonds is 3. The molecule has 0 aliphatic heterocycles. The number of carbonyl (C=O) groups excluding carboxylic acids is 1. The second-order valence-electron chi connectivity index (χ2n) is 4.99. The lowest BCUT2D eigenvalue weighted by Crippen LogP contribution is -2.17. The van der Waals surface area contributed by atoms with Crippen LogP contribution in [0.25, 0.3) is 0 Å². The summed E-state index contributed by atoms with van der Waals surface area (Å²) in [5.41, 5.74) is 3.21. The largest absolute Gasteiger partial charge is 0.376 e. The first kappa shape index (κ1) is 15.9. The molecule has 21 heavy (non-hydrogen) atoms. The predicted octanol–water partition coefficient (Wildman–Crippen LogP) is 4.73. The fourth-order valence-electron chi connectivity index (χ4n) is 2.00. The van der Waals surface area contributed by atoms with Gasteiger partial charge in [0.1, 0.15) is 0 Å². The normalized spacial score (nSPS) is 10.3. The molecule has 1 amide bonds. The molecule has 3 nitrogen and oxygen atoms in total. The first-order valence-corrected chi connectivity index (χ1v) is 7.60. The van der Waals surface area contributed by atoms with Crippen molar-refractivity contribution in [2.75, 3.05) is 24.3 Å². The van der Waals surface area contributed by atoms with Crippen molar-refractivity contribution in [2.45, 2.75) is 6.92 Å². The molecular weight excluding hydrogens is 352 g/mol. The van der Waals surface area contributed by atoms with Crippen LogP contribution < -0.4 is 10.2 Å². The standard InChI is InChI=1S/C16H16BrClN2O/c1-10-4-6-13(17)12(8-10)16(21)19-14-9-11(18)5-7-15(14)20(2)3/h4-9H,1-3H3,(H,19,21). The molecule has 0 spiro atoms. The molecule has 0 aliphatic carbocycles. The number of hydrogen-bond donors (Lipinski definition) is 1. The van der Waals surface area contributed by atoms with Gasteiger partial charge in [-0.25, -0.2) is 0 Å². The lowest BCUT2D eigenvalue weighted by atomic mass is 10.1. The Morgan fingerprint density at radius 1 is 1.19 bits per heavy atom. The summed E-state index contributed by atoms with van der Waals surface area (Å²) in [6.07, 6.45) is 0. The molecule has 0 bridgehead atoms. The van der Waals surface area contributed by atoms with E-state index < -0.39 is 0 Å². The molecule has 0 radical (unpaired) electrons. The topological polar surface area (TPSA) is 32.3 Å². The smallest absolute Gasteiger partial charge is 0.256 e. The Morgan fingerprint density at radius 2 is 1.90 bits per heavy atom. The van der Waals surface area contributed by atoms with Gasteiger partial charge in [0.2, 0.25) is 0 Å². The van der Waals surface area contributed by atoms with Gasteiger partial charge in [0.15, 0.2) is 0 Å². The van der Waals surface area contributed by atoms with E-state index in [1.165, 1.54) is 0 Å². The first-order chi connectivity index (χ1) is 9.88. The third-order valence-corrected chi connectivity index (χ3v) is 3.98. The average Bonchev–Trinajstić information content (AvgIpc) is 2.41. The number of aryl methyl sites for hydroxylation is 1. The molecule has 0 saturated heterocycles. The molecule has 0 atom stereocenters. The predicted molar refractivity (Wildman–Crippen MR) is 92.6 cm³/mol. The minimum absolute atomic E-state index is 0.170. The lowest BCUT2D eigenvalue weighted by molar-refractivity contribution is 0.102. The van der Waals surface area contributed by atoms with Crippen LogP contribution >= 0.6 is 27.5 Å². The van der Waals surface area contributed by atoms with Gasteiger partial charge in [0, 0.05) is 23.6 Å². The zero-order valence-electron chi connectivity index (χ0n) is 12.1. The number of carbonyl (C=O) groups is 1. The second-order valence-corrected chi connectivity index (χ2v) is 6.28. The third kappa shape index (κ3) is 3.77. The van der Waals surface area contributed by atoms with Gasteiger partial charge in [-0.05, 0) is 53.2 Å². The van der Waals surface area contributed by atoms with E-state index in [1.807, 2.05) is 50.2 Å². The van der Waals surface area contributed by atoms with Gasteiger partial charge in [-0.2, -0.15) is 0 Å². The van der Waals surface area contributed by atoms with Crippen LogP contribution in [0.5, 0.6) is 0 Å². The van der Waals surface area contributed by atoms with Crippen molar-refractivity contribution >= 4 is 44.8 Å². The van der Waals surface area contributed by atoms with E-state index in [-0.39, 0.29) is 5.91 Å². The van der Waals surface area contributed by atoms with Crippen LogP contribution in [0.2, 0.25) is 5.02 Å². The lowest BCUT2D eigenvalue weighted by Gasteiger charge is -2.18. The summed E-state index contributed by atoms with van der Waals surface area (Å²) in [7, 11) is 3.84. The molecule has 110 valence electrons. The quantitative estimate of drug-likeness (QED) is 0.850. The van der Waals surface area contributed by atoms with E-state index in [4.69, 9.17) is 11.6 Å². The van der Waals surface area contributed by atoms with Crippen LogP contribution in [-0.4, -0.2) is 20.0 Å². The molecule has 2 rings (SSSR count). The number of halogens is 2. The summed E-state index contributed by atoms with van der Waals surface area (Å²) in [5, 5.41) is 3.50. The molecule has 0 saturated carbocycles. The van der Waals surface area contributed by atoms with E-state index in [2.05, 4.69) is 21.2 Å². The Bertz CT molecular complexity index is 686. The minimum Gasteiger partial charge on any atom is -0.376 e. The average molecular weight is 368 g/mol. The fraction of sp³-hybridized carbons (Fsp3) is 0.188. The van der Waals surface area contributed by atoms with Crippen LogP contribution in [0.3, 0.4) is 0 Å². The van der Waals surface area contributed by atoms with E-state index in [0.29, 0.717) is 16.3 Å². The van der Waals surface area contributed by atoms with Crippen molar-refractivity contribution in [3.63, 3.8) is 0 Å². The SMILES string of the molecule is Cc1ccc(Br)c(C(=O)Nc2cc(Cl)ccc2N(C)C)c1. The van der Waals surface area contributed by atoms with E-state index in [9.17, 15) is 4.79 Å². The molecule has 0 aromatic heterocycles. The highest BCUT2D eigenvalue weighted by molar-refractivity contribution is 9.10. The molecule has 1 N–H and O–H groups in total. The van der Waals surface area contributed by atoms with Crippen molar-refractivity contribution in [1.29, 1.82) is 0 Å². The summed E-state index contributed by atoms with van der Waals surface area (Å²) in [4.78, 5) is 14.4. The van der Waals surface area contributed by atoms with Gasteiger partial charge in [-0.1, -0.05) is 23.2 Å². The van der Waals surface area contributed by atoms with E-state index in [0.717, 1.165) is 15.7 Å². The van der Waals surface area contributed by atoms with Gasteiger partial charge < -0.3 is 10.2 Å². The summed E-state index contributed by atoms with van der Waals surface area (Å²) in [6.45, 7) is 1.95. The van der Waals surface area contributed by atoms with Gasteiger partial charge in [0.05, 0.1) is 16.9 Å². The number of benzene rings is 2.